The van der Waals surface area contributed by atoms with Crippen LogP contribution in [0.15, 0.2) is 265 Å². The van der Waals surface area contributed by atoms with Gasteiger partial charge in [0.2, 0.25) is 0 Å². The predicted octanol–water partition coefficient (Wildman–Crippen LogP) is 17.6. The van der Waals surface area contributed by atoms with Crippen molar-refractivity contribution in [3.8, 4) is 44.5 Å². The lowest BCUT2D eigenvalue weighted by Crippen LogP contribution is -2.28. The zero-order valence-corrected chi connectivity index (χ0v) is 36.7. The first-order valence-corrected chi connectivity index (χ1v) is 23.1. The summed E-state index contributed by atoms with van der Waals surface area (Å²) in [6.45, 7) is 0. The molecule has 0 radical (unpaired) electrons. The zero-order valence-electron chi connectivity index (χ0n) is 36.7. The second-order valence-electron chi connectivity index (χ2n) is 17.5. The highest BCUT2D eigenvalue weighted by Gasteiger charge is 2.47. The maximum atomic E-state index is 6.74. The molecule has 11 aromatic carbocycles. The summed E-state index contributed by atoms with van der Waals surface area (Å²) >= 11 is 0. The van der Waals surface area contributed by atoms with Crippen LogP contribution >= 0.6 is 0 Å². The second kappa shape index (κ2) is 15.8. The second-order valence-corrected chi connectivity index (χ2v) is 17.5. The van der Waals surface area contributed by atoms with Gasteiger partial charge in [-0.1, -0.05) is 218 Å². The summed E-state index contributed by atoms with van der Waals surface area (Å²) in [5.74, 6) is 0. The van der Waals surface area contributed by atoms with Gasteiger partial charge < -0.3 is 9.32 Å². The molecule has 0 unspecified atom stereocenters. The number of hydrogen-bond donors (Lipinski definition) is 0. The monoisotopic (exact) mass is 853 g/mol. The number of hydrogen-bond acceptors (Lipinski definition) is 2. The van der Waals surface area contributed by atoms with Crippen LogP contribution in [0.2, 0.25) is 0 Å². The summed E-state index contributed by atoms with van der Waals surface area (Å²) in [5, 5.41) is 4.71. The molecule has 0 atom stereocenters. The van der Waals surface area contributed by atoms with Gasteiger partial charge >= 0.3 is 0 Å². The minimum absolute atomic E-state index is 0.546. The lowest BCUT2D eigenvalue weighted by atomic mass is 9.68. The molecule has 12 aromatic rings. The summed E-state index contributed by atoms with van der Waals surface area (Å²) in [4.78, 5) is 2.48. The van der Waals surface area contributed by atoms with Gasteiger partial charge in [0.05, 0.1) is 16.8 Å². The highest BCUT2D eigenvalue weighted by molar-refractivity contribution is 6.11. The van der Waals surface area contributed by atoms with E-state index in [0.29, 0.717) is 0 Å². The normalized spacial score (nSPS) is 12.6. The predicted molar refractivity (Wildman–Crippen MR) is 280 cm³/mol. The molecule has 67 heavy (non-hydrogen) atoms. The van der Waals surface area contributed by atoms with Gasteiger partial charge in [-0.2, -0.15) is 0 Å². The molecule has 0 bridgehead atoms. The average molecular weight is 854 g/mol. The lowest BCUT2D eigenvalue weighted by molar-refractivity contribution is 0.670. The number of anilines is 3. The van der Waals surface area contributed by atoms with Gasteiger partial charge in [0.25, 0.3) is 0 Å². The Bertz CT molecular complexity index is 3770. The fourth-order valence-electron chi connectivity index (χ4n) is 11.0. The Morgan fingerprint density at radius 2 is 0.881 bits per heavy atom. The van der Waals surface area contributed by atoms with Crippen LogP contribution in [-0.2, 0) is 5.41 Å². The molecule has 0 spiro atoms. The first-order valence-electron chi connectivity index (χ1n) is 23.1. The van der Waals surface area contributed by atoms with E-state index in [9.17, 15) is 0 Å². The van der Waals surface area contributed by atoms with E-state index < -0.39 is 5.41 Å². The Labute approximate surface area is 390 Å². The number of furan rings is 1. The molecular weight excluding hydrogens is 811 g/mol. The molecule has 0 saturated heterocycles. The first kappa shape index (κ1) is 38.7. The molecule has 1 aromatic heterocycles. The first-order chi connectivity index (χ1) is 33.2. The standard InChI is InChI=1S/C65H43NO/c1-3-22-50(23-4-1)65(51-24-5-2-6-25-51)58-31-12-9-28-57(58)63-59(65)32-17-34-61(63)66(60-33-13-10-26-53(60)55-29-16-30-56-54-27-11-14-35-62(54)67-64(55)56)52-40-38-45(39-41-52)47-20-15-21-48(42-47)49-37-36-44-18-7-8-19-46(44)43-49/h1-43H. The van der Waals surface area contributed by atoms with E-state index in [1.165, 1.54) is 60.8 Å². The van der Waals surface area contributed by atoms with Crippen LogP contribution < -0.4 is 4.90 Å². The largest absolute Gasteiger partial charge is 0.455 e. The third kappa shape index (κ3) is 6.18. The van der Waals surface area contributed by atoms with Crippen molar-refractivity contribution in [2.45, 2.75) is 5.41 Å². The van der Waals surface area contributed by atoms with Crippen molar-refractivity contribution in [2.75, 3.05) is 4.90 Å². The van der Waals surface area contributed by atoms with Crippen molar-refractivity contribution < 1.29 is 4.42 Å². The summed E-state index contributed by atoms with van der Waals surface area (Å²) < 4.78 is 6.74. The van der Waals surface area contributed by atoms with E-state index in [1.54, 1.807) is 0 Å². The molecule has 2 nitrogen and oxygen atoms in total. The van der Waals surface area contributed by atoms with Gasteiger partial charge in [0.15, 0.2) is 0 Å². The Morgan fingerprint density at radius 3 is 1.69 bits per heavy atom. The fourth-order valence-corrected chi connectivity index (χ4v) is 11.0. The van der Waals surface area contributed by atoms with Crippen molar-refractivity contribution in [2.24, 2.45) is 0 Å². The van der Waals surface area contributed by atoms with E-state index in [1.807, 2.05) is 6.07 Å². The van der Waals surface area contributed by atoms with Crippen molar-refractivity contribution in [1.29, 1.82) is 0 Å². The number of benzene rings is 11. The van der Waals surface area contributed by atoms with E-state index in [4.69, 9.17) is 4.42 Å². The Hall–Kier alpha value is -8.72. The maximum absolute atomic E-state index is 6.74. The fraction of sp³-hybridized carbons (Fsp3) is 0.0154. The molecular formula is C65H43NO. The van der Waals surface area contributed by atoms with Gasteiger partial charge in [-0.25, -0.2) is 0 Å². The van der Waals surface area contributed by atoms with Gasteiger partial charge in [-0.3, -0.25) is 0 Å². The molecule has 13 rings (SSSR count). The third-order valence-electron chi connectivity index (χ3n) is 13.9. The number of para-hydroxylation sites is 3. The quantitative estimate of drug-likeness (QED) is 0.151. The van der Waals surface area contributed by atoms with Crippen molar-refractivity contribution in [3.05, 3.63) is 283 Å². The number of nitrogens with zero attached hydrogens (tertiary/aromatic N) is 1. The van der Waals surface area contributed by atoms with Crippen molar-refractivity contribution in [3.63, 3.8) is 0 Å². The van der Waals surface area contributed by atoms with Crippen molar-refractivity contribution in [1.82, 2.24) is 0 Å². The van der Waals surface area contributed by atoms with E-state index in [-0.39, 0.29) is 0 Å². The van der Waals surface area contributed by atoms with Crippen LogP contribution in [0.3, 0.4) is 0 Å². The Morgan fingerprint density at radius 1 is 0.328 bits per heavy atom. The SMILES string of the molecule is c1ccc(C2(c3ccccc3)c3ccccc3-c3c(N(c4ccc(-c5cccc(-c6ccc7ccccc7c6)c5)cc4)c4ccccc4-c4cccc5c4oc4ccccc45)cccc32)cc1. The van der Waals surface area contributed by atoms with Crippen molar-refractivity contribution >= 4 is 49.8 Å². The Balaban J connectivity index is 1.03. The minimum Gasteiger partial charge on any atom is -0.455 e. The smallest absolute Gasteiger partial charge is 0.143 e. The molecule has 2 heteroatoms. The van der Waals surface area contributed by atoms with Gasteiger partial charge in [-0.15, -0.1) is 0 Å². The summed E-state index contributed by atoms with van der Waals surface area (Å²) in [6, 6.07) is 95.1. The van der Waals surface area contributed by atoms with E-state index in [0.717, 1.165) is 55.7 Å². The van der Waals surface area contributed by atoms with Gasteiger partial charge in [0.1, 0.15) is 11.2 Å². The van der Waals surface area contributed by atoms with Crippen LogP contribution in [0.4, 0.5) is 17.1 Å². The maximum Gasteiger partial charge on any atom is 0.143 e. The van der Waals surface area contributed by atoms with Gasteiger partial charge in [0, 0.05) is 33.2 Å². The zero-order chi connectivity index (χ0) is 44.3. The highest BCUT2D eigenvalue weighted by Crippen LogP contribution is 2.60. The Kier molecular flexibility index (Phi) is 9.11. The third-order valence-corrected chi connectivity index (χ3v) is 13.9. The van der Waals surface area contributed by atoms with Crippen LogP contribution in [0.25, 0.3) is 77.2 Å². The molecule has 1 aliphatic carbocycles. The summed E-state index contributed by atoms with van der Waals surface area (Å²) in [5.41, 5.74) is 18.8. The molecule has 314 valence electrons. The topological polar surface area (TPSA) is 16.4 Å². The highest BCUT2D eigenvalue weighted by atomic mass is 16.3. The lowest BCUT2D eigenvalue weighted by Gasteiger charge is -2.34. The summed E-state index contributed by atoms with van der Waals surface area (Å²) in [7, 11) is 0. The van der Waals surface area contributed by atoms with Crippen LogP contribution in [-0.4, -0.2) is 0 Å². The van der Waals surface area contributed by atoms with Crippen LogP contribution in [0.5, 0.6) is 0 Å². The summed E-state index contributed by atoms with van der Waals surface area (Å²) in [6.07, 6.45) is 0. The van der Waals surface area contributed by atoms with E-state index in [2.05, 4.69) is 260 Å². The minimum atomic E-state index is -0.546. The van der Waals surface area contributed by atoms with Gasteiger partial charge in [-0.05, 0) is 103 Å². The molecule has 0 fully saturated rings. The van der Waals surface area contributed by atoms with Crippen LogP contribution in [0.1, 0.15) is 22.3 Å². The van der Waals surface area contributed by atoms with Crippen LogP contribution in [0, 0.1) is 0 Å². The molecule has 0 amide bonds. The average Bonchev–Trinajstić information content (AvgIpc) is 3.94. The molecule has 1 aliphatic rings. The number of rotatable bonds is 8. The molecule has 0 aliphatic heterocycles. The molecule has 0 N–H and O–H groups in total. The molecule has 1 heterocycles. The molecule has 0 saturated carbocycles. The number of fused-ring (bicyclic) bond motifs is 7. The van der Waals surface area contributed by atoms with E-state index >= 15 is 0 Å².